The summed E-state index contributed by atoms with van der Waals surface area (Å²) < 4.78 is 9.70. The van der Waals surface area contributed by atoms with Crippen LogP contribution in [0.4, 0.5) is 5.82 Å². The molecule has 0 radical (unpaired) electrons. The molecule has 1 fully saturated rings. The van der Waals surface area contributed by atoms with E-state index in [0.717, 1.165) is 25.7 Å². The van der Waals surface area contributed by atoms with Crippen LogP contribution in [0.5, 0.6) is 0 Å². The molecule has 2 amide bonds. The van der Waals surface area contributed by atoms with Gasteiger partial charge in [0, 0.05) is 19.2 Å². The van der Waals surface area contributed by atoms with Gasteiger partial charge in [0.25, 0.3) is 5.91 Å². The second-order valence-corrected chi connectivity index (χ2v) is 7.31. The Morgan fingerprint density at radius 1 is 1.31 bits per heavy atom. The highest BCUT2D eigenvalue weighted by molar-refractivity contribution is 8.00. The van der Waals surface area contributed by atoms with Crippen molar-refractivity contribution in [2.75, 3.05) is 30.5 Å². The molecule has 0 bridgehead atoms. The van der Waals surface area contributed by atoms with Gasteiger partial charge in [-0.3, -0.25) is 14.4 Å². The van der Waals surface area contributed by atoms with E-state index in [2.05, 4.69) is 10.5 Å². The molecular formula is C17H25N3O5S. The highest BCUT2D eigenvalue weighted by Gasteiger charge is 2.22. The molecule has 0 spiro atoms. The number of nitrogens with zero attached hydrogens (tertiary/aromatic N) is 2. The zero-order valence-corrected chi connectivity index (χ0v) is 16.0. The number of carbonyl (C=O) groups excluding carboxylic acids is 3. The van der Waals surface area contributed by atoms with Crippen molar-refractivity contribution < 1.29 is 23.6 Å². The van der Waals surface area contributed by atoms with Gasteiger partial charge in [-0.05, 0) is 19.8 Å². The average molecular weight is 383 g/mol. The number of aromatic nitrogens is 1. The zero-order valence-electron chi connectivity index (χ0n) is 15.2. The molecule has 8 nitrogen and oxygen atoms in total. The molecular weight excluding hydrogens is 358 g/mol. The summed E-state index contributed by atoms with van der Waals surface area (Å²) in [5.41, 5.74) is 0. The Balaban J connectivity index is 1.59. The Hall–Kier alpha value is -2.03. The number of amides is 2. The molecule has 9 heteroatoms. The van der Waals surface area contributed by atoms with Gasteiger partial charge in [0.05, 0.1) is 11.5 Å². The molecule has 1 aromatic rings. The topological polar surface area (TPSA) is 102 Å². The van der Waals surface area contributed by atoms with Gasteiger partial charge in [-0.15, -0.1) is 11.8 Å². The number of thioether (sulfide) groups is 1. The molecule has 0 atom stereocenters. The lowest BCUT2D eigenvalue weighted by atomic mass is 9.94. The molecule has 1 heterocycles. The van der Waals surface area contributed by atoms with Gasteiger partial charge in [-0.25, -0.2) is 0 Å². The number of nitrogens with one attached hydrogen (secondary N) is 1. The molecule has 1 N–H and O–H groups in total. The molecule has 1 saturated carbocycles. The second-order valence-electron chi connectivity index (χ2n) is 6.32. The number of hydrogen-bond donors (Lipinski definition) is 1. The maximum Gasteiger partial charge on any atom is 0.316 e. The lowest BCUT2D eigenvalue weighted by Gasteiger charge is -2.31. The van der Waals surface area contributed by atoms with E-state index in [-0.39, 0.29) is 23.2 Å². The van der Waals surface area contributed by atoms with Crippen molar-refractivity contribution >= 4 is 35.4 Å². The lowest BCUT2D eigenvalue weighted by Crippen LogP contribution is -2.39. The Morgan fingerprint density at radius 2 is 2.04 bits per heavy atom. The Bertz CT molecular complexity index is 628. The molecule has 0 saturated heterocycles. The molecule has 2 rings (SSSR count). The van der Waals surface area contributed by atoms with Gasteiger partial charge in [0.15, 0.2) is 12.4 Å². The fraction of sp³-hybridized carbons (Fsp3) is 0.647. The van der Waals surface area contributed by atoms with E-state index in [4.69, 9.17) is 9.26 Å². The standard InChI is InChI=1S/C17H25N3O5S/c1-12-8-14(19-25-12)18-15(21)9-24-17(23)11-26-10-16(22)20(2)13-6-4-3-5-7-13/h8,13H,3-7,9-11H2,1-2H3,(H,18,19,21). The van der Waals surface area contributed by atoms with Crippen LogP contribution in [0.25, 0.3) is 0 Å². The number of rotatable bonds is 8. The minimum Gasteiger partial charge on any atom is -0.455 e. The average Bonchev–Trinajstić information content (AvgIpc) is 3.04. The van der Waals surface area contributed by atoms with Crippen LogP contribution >= 0.6 is 11.8 Å². The summed E-state index contributed by atoms with van der Waals surface area (Å²) in [5, 5.41) is 6.07. The van der Waals surface area contributed by atoms with E-state index in [1.54, 1.807) is 17.9 Å². The second kappa shape index (κ2) is 10.2. The maximum atomic E-state index is 12.2. The largest absolute Gasteiger partial charge is 0.455 e. The fourth-order valence-electron chi connectivity index (χ4n) is 2.79. The van der Waals surface area contributed by atoms with Gasteiger partial charge in [0.2, 0.25) is 5.91 Å². The van der Waals surface area contributed by atoms with E-state index in [0.29, 0.717) is 11.8 Å². The quantitative estimate of drug-likeness (QED) is 0.685. The Kier molecular flexibility index (Phi) is 7.96. The first kappa shape index (κ1) is 20.3. The lowest BCUT2D eigenvalue weighted by molar-refractivity contribution is -0.144. The molecule has 0 aromatic carbocycles. The molecule has 1 aliphatic carbocycles. The van der Waals surface area contributed by atoms with Crippen LogP contribution in [0.1, 0.15) is 37.9 Å². The maximum absolute atomic E-state index is 12.2. The van der Waals surface area contributed by atoms with Crippen molar-refractivity contribution in [2.24, 2.45) is 0 Å². The number of hydrogen-bond acceptors (Lipinski definition) is 7. The van der Waals surface area contributed by atoms with Crippen molar-refractivity contribution in [2.45, 2.75) is 45.1 Å². The summed E-state index contributed by atoms with van der Waals surface area (Å²) in [7, 11) is 1.83. The van der Waals surface area contributed by atoms with Crippen LogP contribution in [0.2, 0.25) is 0 Å². The summed E-state index contributed by atoms with van der Waals surface area (Å²) in [6, 6.07) is 1.87. The Morgan fingerprint density at radius 3 is 2.69 bits per heavy atom. The van der Waals surface area contributed by atoms with E-state index < -0.39 is 18.5 Å². The number of esters is 1. The summed E-state index contributed by atoms with van der Waals surface area (Å²) in [4.78, 5) is 37.3. The van der Waals surface area contributed by atoms with Crippen LogP contribution in [0.15, 0.2) is 10.6 Å². The monoisotopic (exact) mass is 383 g/mol. The van der Waals surface area contributed by atoms with Crippen LogP contribution in [0.3, 0.4) is 0 Å². The highest BCUT2D eigenvalue weighted by Crippen LogP contribution is 2.22. The third-order valence-corrected chi connectivity index (χ3v) is 5.11. The number of anilines is 1. The van der Waals surface area contributed by atoms with Crippen molar-refractivity contribution in [3.8, 4) is 0 Å². The normalized spacial score (nSPS) is 14.7. The van der Waals surface area contributed by atoms with E-state index in [1.807, 2.05) is 7.05 Å². The van der Waals surface area contributed by atoms with Gasteiger partial charge in [-0.1, -0.05) is 24.4 Å². The zero-order chi connectivity index (χ0) is 18.9. The van der Waals surface area contributed by atoms with E-state index >= 15 is 0 Å². The predicted molar refractivity (Wildman–Crippen MR) is 97.8 cm³/mol. The van der Waals surface area contributed by atoms with Gasteiger partial charge in [-0.2, -0.15) is 0 Å². The van der Waals surface area contributed by atoms with Crippen molar-refractivity contribution in [3.05, 3.63) is 11.8 Å². The van der Waals surface area contributed by atoms with Crippen molar-refractivity contribution in [3.63, 3.8) is 0 Å². The van der Waals surface area contributed by atoms with E-state index in [1.165, 1.54) is 18.2 Å². The Labute approximate surface area is 157 Å². The van der Waals surface area contributed by atoms with Crippen molar-refractivity contribution in [1.82, 2.24) is 10.1 Å². The first-order chi connectivity index (χ1) is 12.5. The minimum absolute atomic E-state index is 0.0221. The molecule has 1 aliphatic rings. The molecule has 144 valence electrons. The molecule has 26 heavy (non-hydrogen) atoms. The smallest absolute Gasteiger partial charge is 0.316 e. The summed E-state index contributed by atoms with van der Waals surface area (Å²) >= 11 is 1.20. The van der Waals surface area contributed by atoms with Crippen LogP contribution in [-0.2, 0) is 19.1 Å². The summed E-state index contributed by atoms with van der Waals surface area (Å²) in [6.45, 7) is 1.30. The number of ether oxygens (including phenoxy) is 1. The molecule has 0 aliphatic heterocycles. The van der Waals surface area contributed by atoms with Gasteiger partial charge in [0.1, 0.15) is 5.76 Å². The van der Waals surface area contributed by atoms with Crippen molar-refractivity contribution in [1.29, 1.82) is 0 Å². The highest BCUT2D eigenvalue weighted by atomic mass is 32.2. The fourth-order valence-corrected chi connectivity index (χ4v) is 3.52. The molecule has 1 aromatic heterocycles. The summed E-state index contributed by atoms with van der Waals surface area (Å²) in [5.74, 6) is 0.0895. The van der Waals surface area contributed by atoms with Crippen LogP contribution in [-0.4, -0.2) is 59.0 Å². The third-order valence-electron chi connectivity index (χ3n) is 4.22. The SMILES string of the molecule is Cc1cc(NC(=O)COC(=O)CSCC(=O)N(C)C2CCCCC2)no1. The number of aryl methyl sites for hydroxylation is 1. The first-order valence-electron chi connectivity index (χ1n) is 8.68. The van der Waals surface area contributed by atoms with Gasteiger partial charge < -0.3 is 19.5 Å². The number of carbonyl (C=O) groups is 3. The van der Waals surface area contributed by atoms with E-state index in [9.17, 15) is 14.4 Å². The minimum atomic E-state index is -0.533. The molecule has 0 unspecified atom stereocenters. The summed E-state index contributed by atoms with van der Waals surface area (Å²) in [6.07, 6.45) is 5.67. The van der Waals surface area contributed by atoms with Crippen LogP contribution in [0, 0.1) is 6.92 Å². The first-order valence-corrected chi connectivity index (χ1v) is 9.83. The van der Waals surface area contributed by atoms with Crippen LogP contribution < -0.4 is 5.32 Å². The predicted octanol–water partition coefficient (Wildman–Crippen LogP) is 1.99. The third kappa shape index (κ3) is 6.70. The van der Waals surface area contributed by atoms with Gasteiger partial charge >= 0.3 is 5.97 Å².